The second kappa shape index (κ2) is 6.55. The summed E-state index contributed by atoms with van der Waals surface area (Å²) < 4.78 is 5.46. The first-order valence-electron chi connectivity index (χ1n) is 5.79. The molecule has 3 N–H and O–H groups in total. The minimum absolute atomic E-state index is 0.00585. The van der Waals surface area contributed by atoms with Crippen molar-refractivity contribution in [3.05, 3.63) is 57.0 Å². The Kier molecular flexibility index (Phi) is 5.00. The molecule has 2 rings (SSSR count). The molecule has 0 aliphatic carbocycles. The predicted octanol–water partition coefficient (Wildman–Crippen LogP) is 4.34. The van der Waals surface area contributed by atoms with Gasteiger partial charge in [0.2, 0.25) is 0 Å². The Morgan fingerprint density at radius 1 is 1.05 bits per heavy atom. The lowest BCUT2D eigenvalue weighted by molar-refractivity contribution is 0.109. The smallest absolute Gasteiger partial charge is 0.139 e. The van der Waals surface area contributed by atoms with Crippen molar-refractivity contribution in [2.24, 2.45) is 0 Å². The maximum Gasteiger partial charge on any atom is 0.139 e. The second-order valence-electron chi connectivity index (χ2n) is 4.15. The minimum Gasteiger partial charge on any atom is -0.489 e. The molecular formula is C14H12Cl3NO2. The zero-order valence-corrected chi connectivity index (χ0v) is 12.6. The van der Waals surface area contributed by atoms with Gasteiger partial charge in [-0.05, 0) is 12.1 Å². The van der Waals surface area contributed by atoms with E-state index in [4.69, 9.17) is 45.3 Å². The first-order valence-corrected chi connectivity index (χ1v) is 6.92. The van der Waals surface area contributed by atoms with Crippen LogP contribution in [0.5, 0.6) is 5.75 Å². The molecule has 0 saturated carbocycles. The lowest BCUT2D eigenvalue weighted by Crippen LogP contribution is -2.11. The summed E-state index contributed by atoms with van der Waals surface area (Å²) in [4.78, 5) is 0. The summed E-state index contributed by atoms with van der Waals surface area (Å²) in [6.07, 6.45) is -0.860. The molecule has 106 valence electrons. The van der Waals surface area contributed by atoms with E-state index in [9.17, 15) is 5.11 Å². The fourth-order valence-electron chi connectivity index (χ4n) is 1.69. The average molecular weight is 333 g/mol. The molecule has 1 unspecified atom stereocenters. The number of anilines is 1. The van der Waals surface area contributed by atoms with Gasteiger partial charge >= 0.3 is 0 Å². The fraction of sp³-hybridized carbons (Fsp3) is 0.143. The number of hydrogen-bond acceptors (Lipinski definition) is 3. The Balaban J connectivity index is 2.09. The van der Waals surface area contributed by atoms with E-state index in [1.165, 1.54) is 12.1 Å². The molecule has 3 nitrogen and oxygen atoms in total. The van der Waals surface area contributed by atoms with Crippen LogP contribution >= 0.6 is 34.8 Å². The van der Waals surface area contributed by atoms with E-state index in [2.05, 4.69) is 0 Å². The molecule has 0 spiro atoms. The first-order chi connectivity index (χ1) is 9.49. The highest BCUT2D eigenvalue weighted by atomic mass is 35.5. The SMILES string of the molecule is Nc1ccccc1C(O)COc1cc(Cl)c(Cl)cc1Cl. The number of aliphatic hydroxyl groups is 1. The molecule has 0 heterocycles. The van der Waals surface area contributed by atoms with Gasteiger partial charge < -0.3 is 15.6 Å². The minimum atomic E-state index is -0.860. The quantitative estimate of drug-likeness (QED) is 0.647. The van der Waals surface area contributed by atoms with Crippen molar-refractivity contribution in [1.82, 2.24) is 0 Å². The topological polar surface area (TPSA) is 55.5 Å². The second-order valence-corrected chi connectivity index (χ2v) is 5.37. The van der Waals surface area contributed by atoms with Crippen molar-refractivity contribution < 1.29 is 9.84 Å². The number of nitrogen functional groups attached to an aromatic ring is 1. The van der Waals surface area contributed by atoms with Crippen LogP contribution in [-0.2, 0) is 0 Å². The van der Waals surface area contributed by atoms with E-state index in [1.807, 2.05) is 0 Å². The first kappa shape index (κ1) is 15.3. The Labute approximate surface area is 131 Å². The third-order valence-corrected chi connectivity index (χ3v) is 3.74. The van der Waals surface area contributed by atoms with Crippen LogP contribution in [0.3, 0.4) is 0 Å². The van der Waals surface area contributed by atoms with E-state index < -0.39 is 6.10 Å². The molecule has 0 aliphatic heterocycles. The van der Waals surface area contributed by atoms with Crippen LogP contribution in [0.25, 0.3) is 0 Å². The lowest BCUT2D eigenvalue weighted by Gasteiger charge is -2.15. The molecule has 0 saturated heterocycles. The lowest BCUT2D eigenvalue weighted by atomic mass is 10.1. The standard InChI is InChI=1S/C14H12Cl3NO2/c15-9-5-11(17)14(6-10(9)16)20-7-13(19)8-3-1-2-4-12(8)18/h1-6,13,19H,7,18H2. The summed E-state index contributed by atoms with van der Waals surface area (Å²) in [5, 5.41) is 11.1. The maximum absolute atomic E-state index is 10.1. The average Bonchev–Trinajstić information content (AvgIpc) is 2.41. The monoisotopic (exact) mass is 331 g/mol. The highest BCUT2D eigenvalue weighted by Crippen LogP contribution is 2.34. The van der Waals surface area contributed by atoms with Gasteiger partial charge in [0.05, 0.1) is 15.1 Å². The molecule has 0 aromatic heterocycles. The van der Waals surface area contributed by atoms with Crippen LogP contribution in [0, 0.1) is 0 Å². The summed E-state index contributed by atoms with van der Waals surface area (Å²) in [5.74, 6) is 0.356. The summed E-state index contributed by atoms with van der Waals surface area (Å²) >= 11 is 17.7. The van der Waals surface area contributed by atoms with Crippen LogP contribution in [0.1, 0.15) is 11.7 Å². The molecular weight excluding hydrogens is 321 g/mol. The van der Waals surface area contributed by atoms with Crippen molar-refractivity contribution >= 4 is 40.5 Å². The van der Waals surface area contributed by atoms with Crippen molar-refractivity contribution in [3.63, 3.8) is 0 Å². The van der Waals surface area contributed by atoms with Gasteiger partial charge in [-0.1, -0.05) is 53.0 Å². The Hall–Kier alpha value is -1.13. The molecule has 6 heteroatoms. The van der Waals surface area contributed by atoms with E-state index in [1.54, 1.807) is 24.3 Å². The fourth-order valence-corrected chi connectivity index (χ4v) is 2.28. The van der Waals surface area contributed by atoms with Crippen molar-refractivity contribution in [2.75, 3.05) is 12.3 Å². The van der Waals surface area contributed by atoms with Gasteiger partial charge in [0.15, 0.2) is 0 Å². The van der Waals surface area contributed by atoms with Crippen LogP contribution in [0.15, 0.2) is 36.4 Å². The number of para-hydroxylation sites is 1. The summed E-state index contributed by atoms with van der Waals surface area (Å²) in [6, 6.07) is 10.0. The largest absolute Gasteiger partial charge is 0.489 e. The van der Waals surface area contributed by atoms with Gasteiger partial charge in [0.1, 0.15) is 18.5 Å². The summed E-state index contributed by atoms with van der Waals surface area (Å²) in [5.41, 5.74) is 6.89. The van der Waals surface area contributed by atoms with Crippen molar-refractivity contribution in [2.45, 2.75) is 6.10 Å². The molecule has 0 fully saturated rings. The number of benzene rings is 2. The summed E-state index contributed by atoms with van der Waals surface area (Å²) in [7, 11) is 0. The normalized spacial score (nSPS) is 12.2. The number of ether oxygens (including phenoxy) is 1. The predicted molar refractivity (Wildman–Crippen MR) is 82.8 cm³/mol. The zero-order chi connectivity index (χ0) is 14.7. The highest BCUT2D eigenvalue weighted by molar-refractivity contribution is 6.43. The number of hydrogen-bond donors (Lipinski definition) is 2. The highest BCUT2D eigenvalue weighted by Gasteiger charge is 2.13. The molecule has 0 aliphatic rings. The zero-order valence-electron chi connectivity index (χ0n) is 10.3. The number of nitrogens with two attached hydrogens (primary N) is 1. The Bertz CT molecular complexity index is 619. The van der Waals surface area contributed by atoms with Crippen LogP contribution in [-0.4, -0.2) is 11.7 Å². The number of halogens is 3. The third-order valence-electron chi connectivity index (χ3n) is 2.73. The number of rotatable bonds is 4. The van der Waals surface area contributed by atoms with Crippen molar-refractivity contribution in [3.8, 4) is 5.75 Å². The maximum atomic E-state index is 10.1. The Morgan fingerprint density at radius 2 is 1.70 bits per heavy atom. The molecule has 2 aromatic rings. The van der Waals surface area contributed by atoms with Crippen LogP contribution in [0.4, 0.5) is 5.69 Å². The van der Waals surface area contributed by atoms with Crippen LogP contribution < -0.4 is 10.5 Å². The van der Waals surface area contributed by atoms with Crippen molar-refractivity contribution in [1.29, 1.82) is 0 Å². The van der Waals surface area contributed by atoms with Gasteiger partial charge in [-0.15, -0.1) is 0 Å². The van der Waals surface area contributed by atoms with Gasteiger partial charge in [-0.25, -0.2) is 0 Å². The molecule has 0 amide bonds. The Morgan fingerprint density at radius 3 is 2.40 bits per heavy atom. The molecule has 20 heavy (non-hydrogen) atoms. The molecule has 0 radical (unpaired) electrons. The van der Waals surface area contributed by atoms with Gasteiger partial charge in [-0.2, -0.15) is 0 Å². The third kappa shape index (κ3) is 3.49. The van der Waals surface area contributed by atoms with Gasteiger partial charge in [0, 0.05) is 17.3 Å². The molecule has 0 bridgehead atoms. The van der Waals surface area contributed by atoms with Gasteiger partial charge in [-0.3, -0.25) is 0 Å². The summed E-state index contributed by atoms with van der Waals surface area (Å²) in [6.45, 7) is 0.00585. The number of aliphatic hydroxyl groups excluding tert-OH is 1. The van der Waals surface area contributed by atoms with E-state index in [0.29, 0.717) is 32.1 Å². The van der Waals surface area contributed by atoms with Gasteiger partial charge in [0.25, 0.3) is 0 Å². The van der Waals surface area contributed by atoms with E-state index >= 15 is 0 Å². The van der Waals surface area contributed by atoms with E-state index in [0.717, 1.165) is 0 Å². The van der Waals surface area contributed by atoms with E-state index in [-0.39, 0.29) is 6.61 Å². The van der Waals surface area contributed by atoms with Crippen LogP contribution in [0.2, 0.25) is 15.1 Å². The molecule has 1 atom stereocenters. The molecule has 2 aromatic carbocycles.